The van der Waals surface area contributed by atoms with Gasteiger partial charge in [0.2, 0.25) is 0 Å². The number of allylic oxidation sites excluding steroid dienone is 2. The average Bonchev–Trinajstić information content (AvgIpc) is 2.41. The van der Waals surface area contributed by atoms with Crippen molar-refractivity contribution in [3.05, 3.63) is 36.3 Å². The second kappa shape index (κ2) is 3.67. The Labute approximate surface area is 59.2 Å². The minimum atomic E-state index is 0.686. The molecule has 0 fully saturated rings. The molecule has 0 amide bonds. The summed E-state index contributed by atoms with van der Waals surface area (Å²) in [6, 6.07) is 3.69. The highest BCUT2D eigenvalue weighted by molar-refractivity contribution is 5.64. The maximum atomic E-state index is 9.82. The molecule has 2 nitrogen and oxygen atoms in total. The lowest BCUT2D eigenvalue weighted by atomic mass is 10.3. The SMILES string of the molecule is O=CC=CCc1ccco1. The molecule has 2 heteroatoms. The Hall–Kier alpha value is -1.31. The van der Waals surface area contributed by atoms with Gasteiger partial charge in [-0.1, -0.05) is 6.08 Å². The third kappa shape index (κ3) is 1.90. The van der Waals surface area contributed by atoms with Gasteiger partial charge < -0.3 is 4.42 Å². The van der Waals surface area contributed by atoms with Gasteiger partial charge in [0.25, 0.3) is 0 Å². The summed E-state index contributed by atoms with van der Waals surface area (Å²) in [6.45, 7) is 0. The first-order valence-corrected chi connectivity index (χ1v) is 3.06. The first-order chi connectivity index (χ1) is 4.93. The van der Waals surface area contributed by atoms with Crippen LogP contribution in [0, 0.1) is 0 Å². The van der Waals surface area contributed by atoms with Crippen LogP contribution >= 0.6 is 0 Å². The Balaban J connectivity index is 2.41. The lowest BCUT2D eigenvalue weighted by molar-refractivity contribution is -0.104. The van der Waals surface area contributed by atoms with Crippen LogP contribution in [0.5, 0.6) is 0 Å². The summed E-state index contributed by atoms with van der Waals surface area (Å²) < 4.78 is 5.01. The molecule has 52 valence electrons. The van der Waals surface area contributed by atoms with Crippen molar-refractivity contribution >= 4 is 6.29 Å². The third-order valence-electron chi connectivity index (χ3n) is 1.11. The lowest BCUT2D eigenvalue weighted by Gasteiger charge is -1.83. The summed E-state index contributed by atoms with van der Waals surface area (Å²) in [5.41, 5.74) is 0. The smallest absolute Gasteiger partial charge is 0.142 e. The van der Waals surface area contributed by atoms with E-state index in [0.29, 0.717) is 6.42 Å². The Kier molecular flexibility index (Phi) is 2.49. The lowest BCUT2D eigenvalue weighted by Crippen LogP contribution is -1.73. The van der Waals surface area contributed by atoms with E-state index in [1.165, 1.54) is 6.08 Å². The first kappa shape index (κ1) is 6.81. The van der Waals surface area contributed by atoms with Gasteiger partial charge in [-0.2, -0.15) is 0 Å². The maximum absolute atomic E-state index is 9.82. The zero-order valence-corrected chi connectivity index (χ0v) is 5.49. The van der Waals surface area contributed by atoms with Gasteiger partial charge in [0.05, 0.1) is 6.26 Å². The van der Waals surface area contributed by atoms with Crippen molar-refractivity contribution < 1.29 is 9.21 Å². The highest BCUT2D eigenvalue weighted by Crippen LogP contribution is 2.00. The van der Waals surface area contributed by atoms with Crippen molar-refractivity contribution in [3.63, 3.8) is 0 Å². The molecule has 1 heterocycles. The van der Waals surface area contributed by atoms with Crippen LogP contribution in [0.1, 0.15) is 5.76 Å². The van der Waals surface area contributed by atoms with Crippen LogP contribution in [-0.2, 0) is 11.2 Å². The van der Waals surface area contributed by atoms with E-state index in [-0.39, 0.29) is 0 Å². The van der Waals surface area contributed by atoms with Crippen LogP contribution in [0.25, 0.3) is 0 Å². The van der Waals surface area contributed by atoms with Gasteiger partial charge in [-0.05, 0) is 18.2 Å². The van der Waals surface area contributed by atoms with Crippen LogP contribution in [0.4, 0.5) is 0 Å². The van der Waals surface area contributed by atoms with Crippen molar-refractivity contribution in [2.24, 2.45) is 0 Å². The van der Waals surface area contributed by atoms with Crippen molar-refractivity contribution in [2.45, 2.75) is 6.42 Å². The van der Waals surface area contributed by atoms with Crippen molar-refractivity contribution in [2.75, 3.05) is 0 Å². The minimum absolute atomic E-state index is 0.686. The predicted octanol–water partition coefficient (Wildman–Crippen LogP) is 1.58. The van der Waals surface area contributed by atoms with E-state index in [9.17, 15) is 4.79 Å². The second-order valence-electron chi connectivity index (χ2n) is 1.85. The molecular weight excluding hydrogens is 128 g/mol. The van der Waals surface area contributed by atoms with E-state index in [4.69, 9.17) is 4.42 Å². The molecule has 1 aromatic heterocycles. The van der Waals surface area contributed by atoms with Gasteiger partial charge >= 0.3 is 0 Å². The van der Waals surface area contributed by atoms with E-state index < -0.39 is 0 Å². The molecule has 0 unspecified atom stereocenters. The normalized spacial score (nSPS) is 10.4. The molecule has 0 spiro atoms. The quantitative estimate of drug-likeness (QED) is 0.466. The molecule has 0 aromatic carbocycles. The van der Waals surface area contributed by atoms with E-state index in [0.717, 1.165) is 12.0 Å². The number of carbonyl (C=O) groups excluding carboxylic acids is 1. The Morgan fingerprint density at radius 2 is 2.50 bits per heavy atom. The summed E-state index contributed by atoms with van der Waals surface area (Å²) in [4.78, 5) is 9.82. The Morgan fingerprint density at radius 3 is 3.10 bits per heavy atom. The molecule has 0 saturated heterocycles. The molecule has 0 radical (unpaired) electrons. The number of hydrogen-bond acceptors (Lipinski definition) is 2. The fraction of sp³-hybridized carbons (Fsp3) is 0.125. The molecule has 0 N–H and O–H groups in total. The Morgan fingerprint density at radius 1 is 1.60 bits per heavy atom. The predicted molar refractivity (Wildman–Crippen MR) is 37.6 cm³/mol. The van der Waals surface area contributed by atoms with E-state index in [2.05, 4.69) is 0 Å². The van der Waals surface area contributed by atoms with Crippen LogP contribution in [0.2, 0.25) is 0 Å². The monoisotopic (exact) mass is 136 g/mol. The summed E-state index contributed by atoms with van der Waals surface area (Å²) in [6.07, 6.45) is 6.27. The van der Waals surface area contributed by atoms with Crippen LogP contribution in [0.3, 0.4) is 0 Å². The number of aldehydes is 1. The molecule has 10 heavy (non-hydrogen) atoms. The van der Waals surface area contributed by atoms with Gasteiger partial charge in [0.1, 0.15) is 12.0 Å². The van der Waals surface area contributed by atoms with Gasteiger partial charge in [-0.15, -0.1) is 0 Å². The third-order valence-corrected chi connectivity index (χ3v) is 1.11. The molecule has 0 atom stereocenters. The van der Waals surface area contributed by atoms with Crippen molar-refractivity contribution in [1.82, 2.24) is 0 Å². The summed E-state index contributed by atoms with van der Waals surface area (Å²) in [7, 11) is 0. The van der Waals surface area contributed by atoms with Gasteiger partial charge in [-0.3, -0.25) is 4.79 Å². The zero-order chi connectivity index (χ0) is 7.23. The summed E-state index contributed by atoms with van der Waals surface area (Å²) in [5, 5.41) is 0. The molecule has 0 aliphatic carbocycles. The second-order valence-corrected chi connectivity index (χ2v) is 1.85. The number of hydrogen-bond donors (Lipinski definition) is 0. The topological polar surface area (TPSA) is 30.2 Å². The average molecular weight is 136 g/mol. The van der Waals surface area contributed by atoms with Crippen molar-refractivity contribution in [3.8, 4) is 0 Å². The number of carbonyl (C=O) groups is 1. The van der Waals surface area contributed by atoms with Crippen LogP contribution in [-0.4, -0.2) is 6.29 Å². The largest absolute Gasteiger partial charge is 0.469 e. The standard InChI is InChI=1S/C8H8O2/c9-6-2-1-4-8-5-3-7-10-8/h1-3,5-7H,4H2. The van der Waals surface area contributed by atoms with E-state index >= 15 is 0 Å². The Bertz CT molecular complexity index is 209. The van der Waals surface area contributed by atoms with Crippen LogP contribution in [0.15, 0.2) is 35.0 Å². The fourth-order valence-corrected chi connectivity index (χ4v) is 0.668. The summed E-state index contributed by atoms with van der Waals surface area (Å²) in [5.74, 6) is 0.873. The summed E-state index contributed by atoms with van der Waals surface area (Å²) >= 11 is 0. The molecule has 0 aliphatic heterocycles. The molecule has 1 aromatic rings. The van der Waals surface area contributed by atoms with Crippen molar-refractivity contribution in [1.29, 1.82) is 0 Å². The fourth-order valence-electron chi connectivity index (χ4n) is 0.668. The van der Waals surface area contributed by atoms with Gasteiger partial charge in [-0.25, -0.2) is 0 Å². The van der Waals surface area contributed by atoms with E-state index in [1.807, 2.05) is 12.1 Å². The highest BCUT2D eigenvalue weighted by atomic mass is 16.3. The number of furan rings is 1. The van der Waals surface area contributed by atoms with Gasteiger partial charge in [0.15, 0.2) is 0 Å². The maximum Gasteiger partial charge on any atom is 0.142 e. The van der Waals surface area contributed by atoms with Gasteiger partial charge in [0, 0.05) is 6.42 Å². The molecule has 1 rings (SSSR count). The highest BCUT2D eigenvalue weighted by Gasteiger charge is 1.88. The van der Waals surface area contributed by atoms with Crippen LogP contribution < -0.4 is 0 Å². The number of rotatable bonds is 3. The molecule has 0 saturated carbocycles. The molecular formula is C8H8O2. The van der Waals surface area contributed by atoms with E-state index in [1.54, 1.807) is 12.3 Å². The first-order valence-electron chi connectivity index (χ1n) is 3.06. The molecule has 0 aliphatic rings. The molecule has 0 bridgehead atoms. The minimum Gasteiger partial charge on any atom is -0.469 e. The zero-order valence-electron chi connectivity index (χ0n) is 5.49.